The van der Waals surface area contributed by atoms with Gasteiger partial charge in [-0.3, -0.25) is 4.99 Å². The van der Waals surface area contributed by atoms with Crippen molar-refractivity contribution in [1.29, 1.82) is 0 Å². The van der Waals surface area contributed by atoms with Crippen molar-refractivity contribution in [3.8, 4) is 5.75 Å². The second-order valence-corrected chi connectivity index (χ2v) is 9.40. The highest BCUT2D eigenvalue weighted by atomic mass is 32.2. The Morgan fingerprint density at radius 3 is 2.50 bits per heavy atom. The number of benzene rings is 1. The van der Waals surface area contributed by atoms with Crippen molar-refractivity contribution in [3.63, 3.8) is 0 Å². The van der Waals surface area contributed by atoms with E-state index in [2.05, 4.69) is 15.6 Å². The van der Waals surface area contributed by atoms with Gasteiger partial charge in [0.2, 0.25) is 0 Å². The lowest BCUT2D eigenvalue weighted by Gasteiger charge is -2.18. The molecule has 0 bridgehead atoms. The van der Waals surface area contributed by atoms with E-state index < -0.39 is 26.2 Å². The van der Waals surface area contributed by atoms with Gasteiger partial charge in [0.15, 0.2) is 27.4 Å². The first-order chi connectivity index (χ1) is 12.1. The van der Waals surface area contributed by atoms with Gasteiger partial charge in [-0.15, -0.1) is 0 Å². The largest absolute Gasteiger partial charge is 0.489 e. The molecule has 0 aliphatic rings. The molecule has 1 aromatic rings. The average molecular weight is 391 g/mol. The molecule has 9 heteroatoms. The van der Waals surface area contributed by atoms with E-state index in [1.807, 2.05) is 6.92 Å². The summed E-state index contributed by atoms with van der Waals surface area (Å²) in [6.07, 6.45) is 0. The first-order valence-electron chi connectivity index (χ1n) is 8.39. The van der Waals surface area contributed by atoms with Crippen molar-refractivity contribution >= 4 is 15.8 Å². The predicted octanol–water partition coefficient (Wildman–Crippen LogP) is 2.11. The summed E-state index contributed by atoms with van der Waals surface area (Å²) in [6.45, 7) is 8.02. The average Bonchev–Trinajstić information content (AvgIpc) is 2.51. The minimum atomic E-state index is -3.24. The second-order valence-electron chi connectivity index (χ2n) is 6.54. The molecule has 0 unspecified atom stereocenters. The molecule has 0 amide bonds. The van der Waals surface area contributed by atoms with Crippen LogP contribution in [0.4, 0.5) is 8.78 Å². The molecular formula is C17H27F2N3O3S. The molecule has 6 nitrogen and oxygen atoms in total. The van der Waals surface area contributed by atoms with Gasteiger partial charge in [-0.2, -0.15) is 0 Å². The first-order valence-corrected chi connectivity index (χ1v) is 10.0. The van der Waals surface area contributed by atoms with Gasteiger partial charge in [0.25, 0.3) is 0 Å². The molecule has 148 valence electrons. The minimum absolute atomic E-state index is 0.0357. The van der Waals surface area contributed by atoms with Gasteiger partial charge < -0.3 is 15.4 Å². The van der Waals surface area contributed by atoms with Crippen LogP contribution in [0.2, 0.25) is 0 Å². The van der Waals surface area contributed by atoms with E-state index in [0.29, 0.717) is 19.0 Å². The molecule has 0 aromatic heterocycles. The van der Waals surface area contributed by atoms with Crippen LogP contribution in [0.3, 0.4) is 0 Å². The molecular weight excluding hydrogens is 364 g/mol. The molecule has 1 aromatic carbocycles. The number of rotatable bonds is 8. The number of aliphatic imine (C=N–C) groups is 1. The Hall–Kier alpha value is -1.90. The van der Waals surface area contributed by atoms with Crippen molar-refractivity contribution in [2.75, 3.05) is 32.0 Å². The monoisotopic (exact) mass is 391 g/mol. The van der Waals surface area contributed by atoms with E-state index in [9.17, 15) is 17.2 Å². The molecule has 0 radical (unpaired) electrons. The molecule has 0 atom stereocenters. The number of hydrogen-bond donors (Lipinski definition) is 2. The molecule has 2 N–H and O–H groups in total. The maximum absolute atomic E-state index is 13.5. The normalized spacial score (nSPS) is 12.8. The third-order valence-electron chi connectivity index (χ3n) is 3.45. The third-order valence-corrected chi connectivity index (χ3v) is 6.04. The molecule has 0 aliphatic heterocycles. The van der Waals surface area contributed by atoms with Crippen LogP contribution < -0.4 is 15.4 Å². The number of nitrogens with zero attached hydrogens (tertiary/aromatic N) is 1. The van der Waals surface area contributed by atoms with Gasteiger partial charge in [-0.25, -0.2) is 17.2 Å². The predicted molar refractivity (Wildman–Crippen MR) is 99.4 cm³/mol. The van der Waals surface area contributed by atoms with E-state index in [1.54, 1.807) is 20.8 Å². The number of ether oxygens (including phenoxy) is 1. The van der Waals surface area contributed by atoms with E-state index >= 15 is 0 Å². The number of halogens is 2. The molecule has 0 fully saturated rings. The summed E-state index contributed by atoms with van der Waals surface area (Å²) in [5.41, 5.74) is 0. The summed E-state index contributed by atoms with van der Waals surface area (Å²) in [7, 11) is -3.24. The Kier molecular flexibility index (Phi) is 8.26. The first kappa shape index (κ1) is 22.1. The summed E-state index contributed by atoms with van der Waals surface area (Å²) >= 11 is 0. The van der Waals surface area contributed by atoms with Crippen molar-refractivity contribution in [2.24, 2.45) is 4.99 Å². The van der Waals surface area contributed by atoms with Crippen molar-refractivity contribution in [1.82, 2.24) is 10.6 Å². The van der Waals surface area contributed by atoms with E-state index in [0.717, 1.165) is 12.1 Å². The Balaban J connectivity index is 2.50. The van der Waals surface area contributed by atoms with E-state index in [1.165, 1.54) is 6.07 Å². The van der Waals surface area contributed by atoms with Crippen LogP contribution in [-0.2, 0) is 9.84 Å². The zero-order valence-electron chi connectivity index (χ0n) is 15.6. The zero-order chi connectivity index (χ0) is 19.8. The topological polar surface area (TPSA) is 79.8 Å². The van der Waals surface area contributed by atoms with Crippen LogP contribution in [0.25, 0.3) is 0 Å². The second kappa shape index (κ2) is 9.70. The van der Waals surface area contributed by atoms with Gasteiger partial charge in [0, 0.05) is 12.6 Å². The van der Waals surface area contributed by atoms with Gasteiger partial charge in [-0.05, 0) is 39.8 Å². The van der Waals surface area contributed by atoms with Crippen LogP contribution in [0.1, 0.15) is 27.7 Å². The van der Waals surface area contributed by atoms with Crippen LogP contribution in [0.5, 0.6) is 5.75 Å². The number of hydrogen-bond acceptors (Lipinski definition) is 4. The standard InChI is InChI=1S/C17H27F2N3O3S/c1-5-20-16(22-9-11-26(23,24)17(2,3)4)21-8-10-25-15-7-6-13(18)12-14(15)19/h6-7,12H,5,8-11H2,1-4H3,(H2,20,21,22). The summed E-state index contributed by atoms with van der Waals surface area (Å²) in [5, 5.41) is 5.96. The van der Waals surface area contributed by atoms with Crippen LogP contribution in [-0.4, -0.2) is 51.1 Å². The van der Waals surface area contributed by atoms with Gasteiger partial charge in [0.05, 0.1) is 23.6 Å². The lowest BCUT2D eigenvalue weighted by atomic mass is 10.3. The van der Waals surface area contributed by atoms with Crippen molar-refractivity contribution in [3.05, 3.63) is 29.8 Å². The summed E-state index contributed by atoms with van der Waals surface area (Å²) < 4.78 is 54.8. The van der Waals surface area contributed by atoms with Crippen LogP contribution in [0, 0.1) is 11.6 Å². The molecule has 26 heavy (non-hydrogen) atoms. The highest BCUT2D eigenvalue weighted by Gasteiger charge is 2.28. The molecule has 0 spiro atoms. The van der Waals surface area contributed by atoms with Crippen LogP contribution >= 0.6 is 0 Å². The smallest absolute Gasteiger partial charge is 0.191 e. The van der Waals surface area contributed by atoms with Gasteiger partial charge >= 0.3 is 0 Å². The number of sulfone groups is 1. The number of guanidine groups is 1. The van der Waals surface area contributed by atoms with Gasteiger partial charge in [0.1, 0.15) is 12.4 Å². The lowest BCUT2D eigenvalue weighted by molar-refractivity contribution is 0.304. The summed E-state index contributed by atoms with van der Waals surface area (Å²) in [4.78, 5) is 4.22. The Morgan fingerprint density at radius 1 is 1.23 bits per heavy atom. The minimum Gasteiger partial charge on any atom is -0.489 e. The Morgan fingerprint density at radius 2 is 1.92 bits per heavy atom. The maximum Gasteiger partial charge on any atom is 0.191 e. The maximum atomic E-state index is 13.5. The van der Waals surface area contributed by atoms with Crippen molar-refractivity contribution in [2.45, 2.75) is 32.4 Å². The highest BCUT2D eigenvalue weighted by Crippen LogP contribution is 2.17. The Bertz CT molecular complexity index is 716. The van der Waals surface area contributed by atoms with E-state index in [4.69, 9.17) is 4.74 Å². The highest BCUT2D eigenvalue weighted by molar-refractivity contribution is 7.92. The third kappa shape index (κ3) is 7.15. The quantitative estimate of drug-likeness (QED) is 0.403. The fourth-order valence-corrected chi connectivity index (χ4v) is 2.79. The SMILES string of the molecule is CCNC(=NCCS(=O)(=O)C(C)(C)C)NCCOc1ccc(F)cc1F. The molecule has 0 aliphatic carbocycles. The summed E-state index contributed by atoms with van der Waals surface area (Å²) in [6, 6.07) is 3.10. The fourth-order valence-electron chi connectivity index (χ4n) is 1.85. The molecule has 0 saturated carbocycles. The molecule has 0 saturated heterocycles. The Labute approximate surface area is 154 Å². The molecule has 1 rings (SSSR count). The molecule has 0 heterocycles. The lowest BCUT2D eigenvalue weighted by Crippen LogP contribution is -2.40. The van der Waals surface area contributed by atoms with E-state index in [-0.39, 0.29) is 24.7 Å². The zero-order valence-corrected chi connectivity index (χ0v) is 16.4. The fraction of sp³-hybridized carbons (Fsp3) is 0.588. The van der Waals surface area contributed by atoms with Gasteiger partial charge in [-0.1, -0.05) is 0 Å². The van der Waals surface area contributed by atoms with Crippen molar-refractivity contribution < 1.29 is 21.9 Å². The summed E-state index contributed by atoms with van der Waals surface area (Å²) in [5.74, 6) is -1.08. The number of nitrogens with one attached hydrogen (secondary N) is 2. The van der Waals surface area contributed by atoms with Crippen LogP contribution in [0.15, 0.2) is 23.2 Å².